The molecule has 0 radical (unpaired) electrons. The average molecular weight is 644 g/mol. The van der Waals surface area contributed by atoms with E-state index in [9.17, 15) is 19.6 Å². The molecular formula is C40H53NO6. The first-order valence-electron chi connectivity index (χ1n) is 17.0. The molecule has 0 saturated heterocycles. The van der Waals surface area contributed by atoms with E-state index in [1.54, 1.807) is 48.5 Å². The normalized spacial score (nSPS) is 9.96. The van der Waals surface area contributed by atoms with Crippen LogP contribution in [0.1, 0.15) is 121 Å². The number of hydrogen-bond donors (Lipinski definition) is 0. The number of nitriles is 1. The third-order valence-electron chi connectivity index (χ3n) is 7.43. The van der Waals surface area contributed by atoms with E-state index in [1.165, 1.54) is 89.7 Å². The van der Waals surface area contributed by atoms with Gasteiger partial charge in [-0.25, -0.2) is 9.59 Å². The molecule has 0 unspecified atom stereocenters. The van der Waals surface area contributed by atoms with Gasteiger partial charge in [0, 0.05) is 12.0 Å². The summed E-state index contributed by atoms with van der Waals surface area (Å²) in [5, 5.41) is 9.52. The van der Waals surface area contributed by atoms with Crippen LogP contribution in [-0.4, -0.2) is 24.5 Å². The van der Waals surface area contributed by atoms with Crippen molar-refractivity contribution < 1.29 is 28.6 Å². The Morgan fingerprint density at radius 2 is 1.04 bits per heavy atom. The summed E-state index contributed by atoms with van der Waals surface area (Å²) in [5.74, 6) is -1.82. The van der Waals surface area contributed by atoms with Gasteiger partial charge in [0.15, 0.2) is 6.61 Å². The quantitative estimate of drug-likeness (QED) is 0.0296. The third-order valence-corrected chi connectivity index (χ3v) is 7.43. The molecule has 47 heavy (non-hydrogen) atoms. The lowest BCUT2D eigenvalue weighted by molar-refractivity contribution is -0.152. The highest BCUT2D eigenvalue weighted by Gasteiger charge is 2.21. The van der Waals surface area contributed by atoms with E-state index in [2.05, 4.69) is 29.6 Å². The maximum atomic E-state index is 12.3. The van der Waals surface area contributed by atoms with Gasteiger partial charge < -0.3 is 14.2 Å². The smallest absolute Gasteiger partial charge is 0.350 e. The van der Waals surface area contributed by atoms with Crippen molar-refractivity contribution in [2.75, 3.05) is 6.61 Å². The van der Waals surface area contributed by atoms with Crippen molar-refractivity contribution in [3.05, 3.63) is 103 Å². The zero-order valence-electron chi connectivity index (χ0n) is 28.3. The molecule has 0 spiro atoms. The lowest BCUT2D eigenvalue weighted by Crippen LogP contribution is -2.16. The molecule has 0 aliphatic carbocycles. The SMILES string of the molecule is C=COC(=O)CCCCCCCCCCCCCCCCC.C=COC(=O)COC(=O)C(C#N)=C(c1ccccc1)c1ccccc1. The third kappa shape index (κ3) is 19.6. The van der Waals surface area contributed by atoms with Crippen LogP contribution in [0, 0.1) is 11.3 Å². The topological polar surface area (TPSA) is 103 Å². The Morgan fingerprint density at radius 3 is 1.45 bits per heavy atom. The van der Waals surface area contributed by atoms with Crippen LogP contribution in [0.15, 0.2) is 91.9 Å². The molecule has 2 rings (SSSR count). The summed E-state index contributed by atoms with van der Waals surface area (Å²) in [6, 6.07) is 19.9. The summed E-state index contributed by atoms with van der Waals surface area (Å²) in [4.78, 5) is 34.7. The minimum Gasteiger partial charge on any atom is -0.450 e. The first-order chi connectivity index (χ1) is 23.0. The van der Waals surface area contributed by atoms with Crippen LogP contribution >= 0.6 is 0 Å². The van der Waals surface area contributed by atoms with Crippen molar-refractivity contribution in [3.8, 4) is 6.07 Å². The summed E-state index contributed by atoms with van der Waals surface area (Å²) >= 11 is 0. The predicted molar refractivity (Wildman–Crippen MR) is 188 cm³/mol. The fourth-order valence-electron chi connectivity index (χ4n) is 4.98. The number of carbonyl (C=O) groups excluding carboxylic acids is 3. The van der Waals surface area contributed by atoms with Gasteiger partial charge in [0.05, 0.1) is 12.5 Å². The Labute approximate surface area is 282 Å². The second kappa shape index (κ2) is 27.8. The average Bonchev–Trinajstić information content (AvgIpc) is 3.09. The van der Waals surface area contributed by atoms with Crippen molar-refractivity contribution in [2.45, 2.75) is 110 Å². The number of rotatable bonds is 23. The summed E-state index contributed by atoms with van der Waals surface area (Å²) in [6.07, 6.45) is 22.8. The van der Waals surface area contributed by atoms with Crippen LogP contribution in [0.5, 0.6) is 0 Å². The Kier molecular flexibility index (Phi) is 24.0. The molecule has 0 aliphatic heterocycles. The zero-order valence-corrected chi connectivity index (χ0v) is 28.3. The molecule has 0 aromatic heterocycles. The highest BCUT2D eigenvalue weighted by molar-refractivity contribution is 6.05. The minimum absolute atomic E-state index is 0.148. The van der Waals surface area contributed by atoms with E-state index in [1.807, 2.05) is 18.2 Å². The van der Waals surface area contributed by atoms with Gasteiger partial charge in [0.1, 0.15) is 11.6 Å². The molecular weight excluding hydrogens is 590 g/mol. The molecule has 0 aliphatic rings. The van der Waals surface area contributed by atoms with Crippen LogP contribution in [-0.2, 0) is 28.6 Å². The number of ether oxygens (including phenoxy) is 3. The standard InChI is InChI=1S/C20H15NO4.C20H38O2/c1-2-24-18(22)14-25-20(23)17(13-21)19(15-9-5-3-6-10-15)16-11-7-4-8-12-16;1-3-5-6-7-8-9-10-11-12-13-14-15-16-17-18-19-20(21)22-4-2/h2-12H,1,14H2;4H,2-3,5-19H2,1H3. The molecule has 0 fully saturated rings. The maximum absolute atomic E-state index is 12.3. The van der Waals surface area contributed by atoms with Crippen LogP contribution < -0.4 is 0 Å². The molecule has 0 heterocycles. The van der Waals surface area contributed by atoms with E-state index in [0.717, 1.165) is 19.1 Å². The molecule has 0 atom stereocenters. The van der Waals surface area contributed by atoms with Crippen LogP contribution in [0.4, 0.5) is 0 Å². The van der Waals surface area contributed by atoms with Gasteiger partial charge in [0.25, 0.3) is 0 Å². The van der Waals surface area contributed by atoms with Crippen molar-refractivity contribution >= 4 is 23.5 Å². The molecule has 0 N–H and O–H groups in total. The maximum Gasteiger partial charge on any atom is 0.350 e. The van der Waals surface area contributed by atoms with E-state index < -0.39 is 18.5 Å². The van der Waals surface area contributed by atoms with Crippen molar-refractivity contribution in [1.82, 2.24) is 0 Å². The van der Waals surface area contributed by atoms with Crippen LogP contribution in [0.2, 0.25) is 0 Å². The van der Waals surface area contributed by atoms with Crippen LogP contribution in [0.25, 0.3) is 5.57 Å². The molecule has 0 amide bonds. The summed E-state index contributed by atoms with van der Waals surface area (Å²) in [6.45, 7) is 8.29. The lowest BCUT2D eigenvalue weighted by atomic mass is 9.93. The first kappa shape index (κ1) is 40.6. The second-order valence-corrected chi connectivity index (χ2v) is 11.2. The minimum atomic E-state index is -0.897. The number of hydrogen-bond acceptors (Lipinski definition) is 7. The number of benzene rings is 2. The van der Waals surface area contributed by atoms with E-state index in [4.69, 9.17) is 4.74 Å². The van der Waals surface area contributed by atoms with Gasteiger partial charge in [0.2, 0.25) is 0 Å². The van der Waals surface area contributed by atoms with Crippen molar-refractivity contribution in [3.63, 3.8) is 0 Å². The van der Waals surface area contributed by atoms with Gasteiger partial charge in [-0.1, -0.05) is 171 Å². The highest BCUT2D eigenvalue weighted by atomic mass is 16.6. The summed E-state index contributed by atoms with van der Waals surface area (Å²) in [7, 11) is 0. The van der Waals surface area contributed by atoms with Gasteiger partial charge in [-0.05, 0) is 17.5 Å². The largest absolute Gasteiger partial charge is 0.450 e. The molecule has 7 heteroatoms. The fraction of sp³-hybridized carbons (Fsp3) is 0.450. The Bertz CT molecular complexity index is 1200. The molecule has 0 saturated carbocycles. The van der Waals surface area contributed by atoms with Crippen molar-refractivity contribution in [2.24, 2.45) is 0 Å². The zero-order chi connectivity index (χ0) is 34.4. The molecule has 254 valence electrons. The number of nitrogens with zero attached hydrogens (tertiary/aromatic N) is 1. The lowest BCUT2D eigenvalue weighted by Gasteiger charge is -2.11. The van der Waals surface area contributed by atoms with E-state index in [-0.39, 0.29) is 11.5 Å². The first-order valence-corrected chi connectivity index (χ1v) is 17.0. The van der Waals surface area contributed by atoms with E-state index >= 15 is 0 Å². The van der Waals surface area contributed by atoms with Gasteiger partial charge in [-0.3, -0.25) is 4.79 Å². The molecule has 7 nitrogen and oxygen atoms in total. The van der Waals surface area contributed by atoms with Gasteiger partial charge in [-0.2, -0.15) is 5.26 Å². The Hall–Kier alpha value is -4.44. The number of unbranched alkanes of at least 4 members (excludes halogenated alkanes) is 14. The molecule has 0 bridgehead atoms. The monoisotopic (exact) mass is 643 g/mol. The van der Waals surface area contributed by atoms with Gasteiger partial charge >= 0.3 is 17.9 Å². The Balaban J connectivity index is 0.000000475. The highest BCUT2D eigenvalue weighted by Crippen LogP contribution is 2.27. The summed E-state index contributed by atoms with van der Waals surface area (Å²) in [5.41, 5.74) is 1.63. The molecule has 2 aromatic rings. The number of carbonyl (C=O) groups is 3. The summed E-state index contributed by atoms with van der Waals surface area (Å²) < 4.78 is 14.1. The molecule has 2 aromatic carbocycles. The fourth-order valence-corrected chi connectivity index (χ4v) is 4.98. The second-order valence-electron chi connectivity index (χ2n) is 11.2. The number of esters is 3. The Morgan fingerprint density at radius 1 is 0.638 bits per heavy atom. The predicted octanol–water partition coefficient (Wildman–Crippen LogP) is 10.2. The van der Waals surface area contributed by atoms with Crippen molar-refractivity contribution in [1.29, 1.82) is 5.26 Å². The van der Waals surface area contributed by atoms with Gasteiger partial charge in [-0.15, -0.1) is 0 Å². The van der Waals surface area contributed by atoms with E-state index in [0.29, 0.717) is 23.1 Å². The van der Waals surface area contributed by atoms with Crippen LogP contribution in [0.3, 0.4) is 0 Å².